The molecule has 118 valence electrons. The van der Waals surface area contributed by atoms with E-state index in [1.54, 1.807) is 6.20 Å². The SMILES string of the molecule is O=S(=O)(NC1CCC(Oc2ccccn2)CC1)c1cnoc1. The third kappa shape index (κ3) is 3.63. The van der Waals surface area contributed by atoms with E-state index in [0.29, 0.717) is 5.88 Å². The van der Waals surface area contributed by atoms with E-state index in [1.165, 1.54) is 6.20 Å². The van der Waals surface area contributed by atoms with E-state index in [4.69, 9.17) is 4.74 Å². The summed E-state index contributed by atoms with van der Waals surface area (Å²) in [6.45, 7) is 0. The number of nitrogens with one attached hydrogen (secondary N) is 1. The number of nitrogens with zero attached hydrogens (tertiary/aromatic N) is 2. The Morgan fingerprint density at radius 1 is 1.23 bits per heavy atom. The highest BCUT2D eigenvalue weighted by Crippen LogP contribution is 2.24. The normalized spacial score (nSPS) is 22.4. The average molecular weight is 323 g/mol. The summed E-state index contributed by atoms with van der Waals surface area (Å²) in [4.78, 5) is 4.19. The highest BCUT2D eigenvalue weighted by atomic mass is 32.2. The van der Waals surface area contributed by atoms with Crippen LogP contribution in [0.15, 0.2) is 46.3 Å². The van der Waals surface area contributed by atoms with Crippen molar-refractivity contribution in [2.75, 3.05) is 0 Å². The lowest BCUT2D eigenvalue weighted by atomic mass is 9.94. The summed E-state index contributed by atoms with van der Waals surface area (Å²) in [6, 6.07) is 5.44. The number of sulfonamides is 1. The number of hydrogen-bond acceptors (Lipinski definition) is 6. The first-order chi connectivity index (χ1) is 10.6. The van der Waals surface area contributed by atoms with Crippen molar-refractivity contribution in [1.82, 2.24) is 14.9 Å². The summed E-state index contributed by atoms with van der Waals surface area (Å²) >= 11 is 0. The van der Waals surface area contributed by atoms with Crippen molar-refractivity contribution in [3.05, 3.63) is 36.9 Å². The Morgan fingerprint density at radius 3 is 2.68 bits per heavy atom. The lowest BCUT2D eigenvalue weighted by molar-refractivity contribution is 0.138. The van der Waals surface area contributed by atoms with Crippen LogP contribution in [0.1, 0.15) is 25.7 Å². The van der Waals surface area contributed by atoms with Crippen LogP contribution in [0.2, 0.25) is 0 Å². The van der Waals surface area contributed by atoms with Gasteiger partial charge in [0, 0.05) is 18.3 Å². The molecule has 0 saturated heterocycles. The number of hydrogen-bond donors (Lipinski definition) is 1. The quantitative estimate of drug-likeness (QED) is 0.900. The van der Waals surface area contributed by atoms with Gasteiger partial charge in [0.2, 0.25) is 15.9 Å². The monoisotopic (exact) mass is 323 g/mol. The lowest BCUT2D eigenvalue weighted by Crippen LogP contribution is -2.39. The van der Waals surface area contributed by atoms with E-state index in [9.17, 15) is 8.42 Å². The highest BCUT2D eigenvalue weighted by molar-refractivity contribution is 7.89. The molecule has 2 aromatic heterocycles. The summed E-state index contributed by atoms with van der Waals surface area (Å²) in [7, 11) is -3.55. The van der Waals surface area contributed by atoms with Gasteiger partial charge in [-0.05, 0) is 31.7 Å². The first-order valence-electron chi connectivity index (χ1n) is 7.13. The third-order valence-electron chi connectivity index (χ3n) is 3.64. The minimum atomic E-state index is -3.55. The van der Waals surface area contributed by atoms with Gasteiger partial charge in [0.05, 0.1) is 6.20 Å². The van der Waals surface area contributed by atoms with Gasteiger partial charge in [-0.15, -0.1) is 0 Å². The third-order valence-corrected chi connectivity index (χ3v) is 5.11. The van der Waals surface area contributed by atoms with E-state index >= 15 is 0 Å². The molecule has 1 aliphatic rings. The van der Waals surface area contributed by atoms with Crippen LogP contribution >= 0.6 is 0 Å². The highest BCUT2D eigenvalue weighted by Gasteiger charge is 2.27. The smallest absolute Gasteiger partial charge is 0.245 e. The Labute approximate surface area is 128 Å². The fourth-order valence-corrected chi connectivity index (χ4v) is 3.66. The molecule has 1 N–H and O–H groups in total. The fourth-order valence-electron chi connectivity index (χ4n) is 2.50. The molecule has 3 rings (SSSR count). The molecule has 0 amide bonds. The van der Waals surface area contributed by atoms with Gasteiger partial charge >= 0.3 is 0 Å². The predicted octanol–water partition coefficient (Wildman–Crippen LogP) is 1.74. The van der Waals surface area contributed by atoms with Gasteiger partial charge in [-0.2, -0.15) is 0 Å². The number of ether oxygens (including phenoxy) is 1. The zero-order valence-electron chi connectivity index (χ0n) is 11.9. The van der Waals surface area contributed by atoms with E-state index in [0.717, 1.165) is 31.9 Å². The maximum atomic E-state index is 12.1. The standard InChI is InChI=1S/C14H17N3O4S/c18-22(19,13-9-16-20-10-13)17-11-4-6-12(7-5-11)21-14-3-1-2-8-15-14/h1-3,8-12,17H,4-7H2. The van der Waals surface area contributed by atoms with Crippen LogP contribution in [0.25, 0.3) is 0 Å². The van der Waals surface area contributed by atoms with Crippen molar-refractivity contribution in [3.63, 3.8) is 0 Å². The summed E-state index contributed by atoms with van der Waals surface area (Å²) < 4.78 is 37.2. The van der Waals surface area contributed by atoms with E-state index in [1.807, 2.05) is 18.2 Å². The first kappa shape index (κ1) is 15.0. The molecule has 8 heteroatoms. The van der Waals surface area contributed by atoms with Crippen LogP contribution < -0.4 is 9.46 Å². The Kier molecular flexibility index (Phi) is 4.39. The van der Waals surface area contributed by atoms with Crippen molar-refractivity contribution >= 4 is 10.0 Å². The fraction of sp³-hybridized carbons (Fsp3) is 0.429. The molecule has 0 radical (unpaired) electrons. The van der Waals surface area contributed by atoms with Gasteiger partial charge < -0.3 is 9.26 Å². The molecule has 1 aliphatic carbocycles. The molecular weight excluding hydrogens is 306 g/mol. The van der Waals surface area contributed by atoms with Gasteiger partial charge in [0.15, 0.2) is 0 Å². The predicted molar refractivity (Wildman–Crippen MR) is 77.7 cm³/mol. The van der Waals surface area contributed by atoms with Crippen LogP contribution in [-0.4, -0.2) is 30.7 Å². The largest absolute Gasteiger partial charge is 0.474 e. The maximum Gasteiger partial charge on any atom is 0.245 e. The number of aromatic nitrogens is 2. The summed E-state index contributed by atoms with van der Waals surface area (Å²) in [6.07, 6.45) is 7.10. The lowest BCUT2D eigenvalue weighted by Gasteiger charge is -2.28. The number of rotatable bonds is 5. The van der Waals surface area contributed by atoms with Crippen LogP contribution in [0.4, 0.5) is 0 Å². The second kappa shape index (κ2) is 6.45. The van der Waals surface area contributed by atoms with Gasteiger partial charge in [0.25, 0.3) is 0 Å². The van der Waals surface area contributed by atoms with Gasteiger partial charge in [-0.1, -0.05) is 11.2 Å². The molecule has 0 aliphatic heterocycles. The van der Waals surface area contributed by atoms with Crippen LogP contribution in [0.5, 0.6) is 5.88 Å². The molecule has 22 heavy (non-hydrogen) atoms. The average Bonchev–Trinajstić information content (AvgIpc) is 3.05. The first-order valence-corrected chi connectivity index (χ1v) is 8.61. The molecular formula is C14H17N3O4S. The maximum absolute atomic E-state index is 12.1. The zero-order chi connectivity index (χ0) is 15.4. The minimum absolute atomic E-state index is 0.0550. The summed E-state index contributed by atoms with van der Waals surface area (Å²) in [5.41, 5.74) is 0. The van der Waals surface area contributed by atoms with Crippen LogP contribution in [0.3, 0.4) is 0 Å². The van der Waals surface area contributed by atoms with Crippen molar-refractivity contribution in [3.8, 4) is 5.88 Å². The summed E-state index contributed by atoms with van der Waals surface area (Å²) in [5.74, 6) is 0.607. The van der Waals surface area contributed by atoms with Crippen molar-refractivity contribution < 1.29 is 17.7 Å². The van der Waals surface area contributed by atoms with Crippen molar-refractivity contribution in [2.45, 2.75) is 42.7 Å². The van der Waals surface area contributed by atoms with Gasteiger partial charge in [0.1, 0.15) is 17.3 Å². The Morgan fingerprint density at radius 2 is 2.05 bits per heavy atom. The Balaban J connectivity index is 1.52. The topological polar surface area (TPSA) is 94.3 Å². The van der Waals surface area contributed by atoms with Crippen molar-refractivity contribution in [1.29, 1.82) is 0 Å². The van der Waals surface area contributed by atoms with E-state index in [2.05, 4.69) is 19.4 Å². The zero-order valence-corrected chi connectivity index (χ0v) is 12.7. The second-order valence-corrected chi connectivity index (χ2v) is 6.95. The molecule has 0 spiro atoms. The van der Waals surface area contributed by atoms with Crippen LogP contribution in [0, 0.1) is 0 Å². The van der Waals surface area contributed by atoms with E-state index in [-0.39, 0.29) is 17.0 Å². The van der Waals surface area contributed by atoms with E-state index < -0.39 is 10.0 Å². The molecule has 0 aromatic carbocycles. The summed E-state index contributed by atoms with van der Waals surface area (Å²) in [5, 5.41) is 3.42. The molecule has 2 aromatic rings. The minimum Gasteiger partial charge on any atom is -0.474 e. The second-order valence-electron chi connectivity index (χ2n) is 5.24. The Bertz CT molecular complexity index is 680. The van der Waals surface area contributed by atoms with Crippen LogP contribution in [-0.2, 0) is 10.0 Å². The molecule has 7 nitrogen and oxygen atoms in total. The molecule has 0 unspecified atom stereocenters. The molecule has 1 saturated carbocycles. The van der Waals surface area contributed by atoms with Gasteiger partial charge in [-0.3, -0.25) is 0 Å². The molecule has 2 heterocycles. The molecule has 1 fully saturated rings. The molecule has 0 atom stereocenters. The molecule has 0 bridgehead atoms. The number of pyridine rings is 1. The van der Waals surface area contributed by atoms with Gasteiger partial charge in [-0.25, -0.2) is 18.1 Å². The Hall–Kier alpha value is -1.93. The van der Waals surface area contributed by atoms with Crippen molar-refractivity contribution in [2.24, 2.45) is 0 Å².